The van der Waals surface area contributed by atoms with Crippen molar-refractivity contribution in [3.05, 3.63) is 29.3 Å². The second-order valence-electron chi connectivity index (χ2n) is 10.8. The third-order valence-electron chi connectivity index (χ3n) is 6.76. The van der Waals surface area contributed by atoms with E-state index in [1.165, 1.54) is 19.8 Å². The molecule has 180 valence electrons. The average Bonchev–Trinajstić information content (AvgIpc) is 3.50. The molecule has 3 atom stereocenters. The molecule has 1 aliphatic carbocycles. The third kappa shape index (κ3) is 5.57. The Morgan fingerprint density at radius 2 is 1.66 bits per heavy atom. The largest absolute Gasteiger partial charge is 0.484 e. The van der Waals surface area contributed by atoms with Crippen LogP contribution < -0.4 is 10.1 Å². The van der Waals surface area contributed by atoms with Crippen molar-refractivity contribution in [2.45, 2.75) is 110 Å². The first kappa shape index (κ1) is 26.0. The number of hydrogen-bond acceptors (Lipinski definition) is 4. The first-order valence-corrected chi connectivity index (χ1v) is 11.7. The highest BCUT2D eigenvalue weighted by Gasteiger charge is 2.54. The SMILES string of the molecule is CCC(C)(Oc1c(C(C)C)cccc1[C@H](C)C1CC1)[C@](C)(NC(=O)OC(C)(C)C)C(=O)O. The van der Waals surface area contributed by atoms with Gasteiger partial charge in [0.1, 0.15) is 17.0 Å². The van der Waals surface area contributed by atoms with E-state index in [0.29, 0.717) is 18.3 Å². The Morgan fingerprint density at radius 1 is 1.09 bits per heavy atom. The van der Waals surface area contributed by atoms with Crippen molar-refractivity contribution >= 4 is 12.1 Å². The zero-order chi connectivity index (χ0) is 24.5. The van der Waals surface area contributed by atoms with E-state index < -0.39 is 28.8 Å². The molecule has 0 spiro atoms. The van der Waals surface area contributed by atoms with E-state index in [1.54, 1.807) is 27.7 Å². The molecule has 0 bridgehead atoms. The van der Waals surface area contributed by atoms with Crippen molar-refractivity contribution in [1.82, 2.24) is 5.32 Å². The summed E-state index contributed by atoms with van der Waals surface area (Å²) >= 11 is 0. The lowest BCUT2D eigenvalue weighted by molar-refractivity contribution is -0.154. The molecule has 0 aliphatic heterocycles. The minimum atomic E-state index is -1.71. The van der Waals surface area contributed by atoms with Gasteiger partial charge in [0.15, 0.2) is 5.54 Å². The van der Waals surface area contributed by atoms with E-state index in [0.717, 1.165) is 16.9 Å². The molecule has 0 saturated heterocycles. The second kappa shape index (κ2) is 9.32. The number of para-hydroxylation sites is 1. The highest BCUT2D eigenvalue weighted by atomic mass is 16.6. The number of carboxylic acid groups (broad SMARTS) is 1. The Balaban J connectivity index is 2.53. The maximum absolute atomic E-state index is 12.6. The Labute approximate surface area is 193 Å². The van der Waals surface area contributed by atoms with Gasteiger partial charge in [-0.1, -0.05) is 45.9 Å². The first-order chi connectivity index (χ1) is 14.6. The zero-order valence-electron chi connectivity index (χ0n) is 21.2. The lowest BCUT2D eigenvalue weighted by Crippen LogP contribution is -2.68. The maximum atomic E-state index is 12.6. The predicted molar refractivity (Wildman–Crippen MR) is 126 cm³/mol. The monoisotopic (exact) mass is 447 g/mol. The van der Waals surface area contributed by atoms with Gasteiger partial charge in [-0.3, -0.25) is 0 Å². The molecule has 1 amide bonds. The van der Waals surface area contributed by atoms with Crippen LogP contribution in [0.15, 0.2) is 18.2 Å². The molecule has 6 nitrogen and oxygen atoms in total. The quantitative estimate of drug-likeness (QED) is 0.468. The van der Waals surface area contributed by atoms with Crippen molar-refractivity contribution in [2.24, 2.45) is 5.92 Å². The maximum Gasteiger partial charge on any atom is 0.408 e. The molecule has 2 N–H and O–H groups in total. The van der Waals surface area contributed by atoms with Gasteiger partial charge in [0.05, 0.1) is 0 Å². The number of carboxylic acids is 1. The average molecular weight is 448 g/mol. The second-order valence-corrected chi connectivity index (χ2v) is 10.8. The summed E-state index contributed by atoms with van der Waals surface area (Å²) in [5.41, 5.74) is -1.54. The molecule has 0 aromatic heterocycles. The van der Waals surface area contributed by atoms with Crippen LogP contribution in [-0.4, -0.2) is 33.9 Å². The molecule has 32 heavy (non-hydrogen) atoms. The van der Waals surface area contributed by atoms with Gasteiger partial charge in [-0.2, -0.15) is 0 Å². The zero-order valence-corrected chi connectivity index (χ0v) is 21.2. The molecule has 6 heteroatoms. The Morgan fingerprint density at radius 3 is 2.09 bits per heavy atom. The summed E-state index contributed by atoms with van der Waals surface area (Å²) < 4.78 is 12.0. The van der Waals surface area contributed by atoms with Gasteiger partial charge in [-0.05, 0) is 82.8 Å². The van der Waals surface area contributed by atoms with Crippen LogP contribution in [0.5, 0.6) is 5.75 Å². The first-order valence-electron chi connectivity index (χ1n) is 11.7. The molecule has 0 radical (unpaired) electrons. The minimum Gasteiger partial charge on any atom is -0.484 e. The van der Waals surface area contributed by atoms with E-state index in [9.17, 15) is 14.7 Å². The molecule has 1 aliphatic rings. The van der Waals surface area contributed by atoms with Gasteiger partial charge >= 0.3 is 12.1 Å². The molecule has 0 heterocycles. The topological polar surface area (TPSA) is 84.9 Å². The number of nitrogens with one attached hydrogen (secondary N) is 1. The minimum absolute atomic E-state index is 0.201. The Hall–Kier alpha value is -2.24. The summed E-state index contributed by atoms with van der Waals surface area (Å²) in [5.74, 6) is 0.710. The van der Waals surface area contributed by atoms with E-state index in [-0.39, 0.29) is 5.92 Å². The summed E-state index contributed by atoms with van der Waals surface area (Å²) in [6, 6.07) is 6.17. The van der Waals surface area contributed by atoms with E-state index in [2.05, 4.69) is 38.2 Å². The molecule has 1 aromatic rings. The van der Waals surface area contributed by atoms with Crippen LogP contribution in [0.2, 0.25) is 0 Å². The lowest BCUT2D eigenvalue weighted by atomic mass is 9.79. The van der Waals surface area contributed by atoms with Crippen LogP contribution in [0, 0.1) is 5.92 Å². The summed E-state index contributed by atoms with van der Waals surface area (Å²) in [4.78, 5) is 25.1. The lowest BCUT2D eigenvalue weighted by Gasteiger charge is -2.44. The number of aliphatic carboxylic acids is 1. The standard InChI is InChI=1S/C26H41NO5/c1-10-25(8,26(9,22(28)29)27-23(30)32-24(5,6)7)31-21-19(16(2)3)12-11-13-20(21)17(4)18-14-15-18/h11-13,16-18H,10,14-15H2,1-9H3,(H,27,30)(H,28,29)/t17-,25?,26-/m1/s1. The Kier molecular flexibility index (Phi) is 7.58. The molecule has 1 unspecified atom stereocenters. The van der Waals surface area contributed by atoms with Crippen LogP contribution in [0.25, 0.3) is 0 Å². The van der Waals surface area contributed by atoms with Crippen LogP contribution in [0.1, 0.15) is 105 Å². The number of benzene rings is 1. The van der Waals surface area contributed by atoms with E-state index in [4.69, 9.17) is 9.47 Å². The normalized spacial score (nSPS) is 18.9. The van der Waals surface area contributed by atoms with E-state index in [1.807, 2.05) is 13.0 Å². The Bertz CT molecular complexity index is 839. The number of hydrogen-bond donors (Lipinski definition) is 2. The van der Waals surface area contributed by atoms with Crippen molar-refractivity contribution in [3.8, 4) is 5.75 Å². The van der Waals surface area contributed by atoms with Crippen LogP contribution in [-0.2, 0) is 9.53 Å². The van der Waals surface area contributed by atoms with Crippen molar-refractivity contribution in [2.75, 3.05) is 0 Å². The molecule has 1 fully saturated rings. The highest BCUT2D eigenvalue weighted by Crippen LogP contribution is 2.48. The molecule has 2 rings (SSSR count). The molecular formula is C26H41NO5. The van der Waals surface area contributed by atoms with Gasteiger partial charge in [0, 0.05) is 0 Å². The van der Waals surface area contributed by atoms with Crippen LogP contribution >= 0.6 is 0 Å². The van der Waals surface area contributed by atoms with Crippen LogP contribution in [0.3, 0.4) is 0 Å². The summed E-state index contributed by atoms with van der Waals surface area (Å²) in [7, 11) is 0. The molecule has 1 saturated carbocycles. The predicted octanol–water partition coefficient (Wildman–Crippen LogP) is 6.24. The van der Waals surface area contributed by atoms with Crippen molar-refractivity contribution in [1.29, 1.82) is 0 Å². The molecule has 1 aromatic carbocycles. The fourth-order valence-corrected chi connectivity index (χ4v) is 4.03. The number of carbonyl (C=O) groups is 2. The number of ether oxygens (including phenoxy) is 2. The van der Waals surface area contributed by atoms with Crippen molar-refractivity contribution in [3.63, 3.8) is 0 Å². The van der Waals surface area contributed by atoms with Gasteiger partial charge in [-0.15, -0.1) is 0 Å². The number of amides is 1. The fraction of sp³-hybridized carbons (Fsp3) is 0.692. The number of carbonyl (C=O) groups excluding carboxylic acids is 1. The smallest absolute Gasteiger partial charge is 0.408 e. The summed E-state index contributed by atoms with van der Waals surface area (Å²) in [6.07, 6.45) is 1.99. The number of alkyl carbamates (subject to hydrolysis) is 1. The van der Waals surface area contributed by atoms with Gasteiger partial charge < -0.3 is 19.9 Å². The number of rotatable bonds is 9. The molecular weight excluding hydrogens is 406 g/mol. The van der Waals surface area contributed by atoms with Gasteiger partial charge in [0.25, 0.3) is 0 Å². The summed E-state index contributed by atoms with van der Waals surface area (Å²) in [5, 5.41) is 12.8. The van der Waals surface area contributed by atoms with Gasteiger partial charge in [0.2, 0.25) is 0 Å². The van der Waals surface area contributed by atoms with Gasteiger partial charge in [-0.25, -0.2) is 9.59 Å². The highest BCUT2D eigenvalue weighted by molar-refractivity contribution is 5.85. The van der Waals surface area contributed by atoms with E-state index >= 15 is 0 Å². The van der Waals surface area contributed by atoms with Crippen molar-refractivity contribution < 1.29 is 24.2 Å². The van der Waals surface area contributed by atoms with Crippen LogP contribution in [0.4, 0.5) is 4.79 Å². The third-order valence-corrected chi connectivity index (χ3v) is 6.76. The summed E-state index contributed by atoms with van der Waals surface area (Å²) in [6.45, 7) is 16.8. The fourth-order valence-electron chi connectivity index (χ4n) is 4.03.